The van der Waals surface area contributed by atoms with E-state index in [9.17, 15) is 9.59 Å². The van der Waals surface area contributed by atoms with Gasteiger partial charge in [0, 0.05) is 26.2 Å². The van der Waals surface area contributed by atoms with Gasteiger partial charge in [0.15, 0.2) is 0 Å². The molecule has 0 bridgehead atoms. The first-order valence-electron chi connectivity index (χ1n) is 9.24. The molecule has 2 fully saturated rings. The Morgan fingerprint density at radius 1 is 1.04 bits per heavy atom. The molecular formula is C19H28N4O2. The third-order valence-corrected chi connectivity index (χ3v) is 5.20. The van der Waals surface area contributed by atoms with E-state index in [1.807, 2.05) is 0 Å². The number of rotatable bonds is 5. The summed E-state index contributed by atoms with van der Waals surface area (Å²) in [5.74, 6) is -0.150. The predicted octanol–water partition coefficient (Wildman–Crippen LogP) is 1.69. The van der Waals surface area contributed by atoms with Crippen molar-refractivity contribution < 1.29 is 9.59 Å². The average molecular weight is 344 g/mol. The molecule has 0 unspecified atom stereocenters. The molecule has 1 atom stereocenters. The number of piperidine rings is 1. The molecule has 1 aromatic carbocycles. The van der Waals surface area contributed by atoms with Crippen molar-refractivity contribution in [2.24, 2.45) is 11.7 Å². The van der Waals surface area contributed by atoms with Crippen LogP contribution in [-0.2, 0) is 17.9 Å². The van der Waals surface area contributed by atoms with Crippen LogP contribution in [0.25, 0.3) is 0 Å². The Balaban J connectivity index is 1.46. The van der Waals surface area contributed by atoms with Gasteiger partial charge in [0.1, 0.15) is 0 Å². The number of carbonyl (C=O) groups is 2. The molecule has 0 radical (unpaired) electrons. The van der Waals surface area contributed by atoms with Gasteiger partial charge in [-0.15, -0.1) is 0 Å². The van der Waals surface area contributed by atoms with Crippen LogP contribution in [0.3, 0.4) is 0 Å². The SMILES string of the molecule is NC(=O)N1CCC[C@H](C(=O)NCc2ccc(CN3CCCC3)cc2)C1. The van der Waals surface area contributed by atoms with Gasteiger partial charge < -0.3 is 16.0 Å². The first kappa shape index (κ1) is 17.7. The lowest BCUT2D eigenvalue weighted by molar-refractivity contribution is -0.126. The number of likely N-dealkylation sites (tertiary alicyclic amines) is 2. The highest BCUT2D eigenvalue weighted by Crippen LogP contribution is 2.17. The monoisotopic (exact) mass is 344 g/mol. The Labute approximate surface area is 149 Å². The summed E-state index contributed by atoms with van der Waals surface area (Å²) in [6, 6.07) is 8.03. The van der Waals surface area contributed by atoms with E-state index in [4.69, 9.17) is 5.73 Å². The Morgan fingerprint density at radius 2 is 1.72 bits per heavy atom. The highest BCUT2D eigenvalue weighted by Gasteiger charge is 2.27. The first-order chi connectivity index (χ1) is 12.1. The second kappa shape index (κ2) is 8.34. The molecule has 2 saturated heterocycles. The van der Waals surface area contributed by atoms with Gasteiger partial charge in [-0.3, -0.25) is 9.69 Å². The molecule has 0 saturated carbocycles. The second-order valence-electron chi connectivity index (χ2n) is 7.14. The Bertz CT molecular complexity index is 596. The first-order valence-corrected chi connectivity index (χ1v) is 9.24. The third kappa shape index (κ3) is 4.95. The van der Waals surface area contributed by atoms with E-state index >= 15 is 0 Å². The zero-order chi connectivity index (χ0) is 17.6. The fourth-order valence-electron chi connectivity index (χ4n) is 3.69. The normalized spacial score (nSPS) is 21.3. The largest absolute Gasteiger partial charge is 0.352 e. The van der Waals surface area contributed by atoms with Gasteiger partial charge in [0.25, 0.3) is 0 Å². The summed E-state index contributed by atoms with van der Waals surface area (Å²) in [6.07, 6.45) is 4.24. The summed E-state index contributed by atoms with van der Waals surface area (Å²) in [4.78, 5) is 27.6. The van der Waals surface area contributed by atoms with E-state index in [0.717, 1.165) is 24.9 Å². The minimum atomic E-state index is -0.439. The van der Waals surface area contributed by atoms with Crippen LogP contribution in [0.15, 0.2) is 24.3 Å². The summed E-state index contributed by atoms with van der Waals surface area (Å²) in [7, 11) is 0. The molecule has 2 aliphatic rings. The van der Waals surface area contributed by atoms with Gasteiger partial charge in [0.2, 0.25) is 5.91 Å². The summed E-state index contributed by atoms with van der Waals surface area (Å²) < 4.78 is 0. The van der Waals surface area contributed by atoms with Crippen LogP contribution in [0, 0.1) is 5.92 Å². The lowest BCUT2D eigenvalue weighted by atomic mass is 9.97. The highest BCUT2D eigenvalue weighted by molar-refractivity contribution is 5.80. The van der Waals surface area contributed by atoms with E-state index in [1.54, 1.807) is 4.90 Å². The van der Waals surface area contributed by atoms with Crippen LogP contribution in [0.5, 0.6) is 0 Å². The van der Waals surface area contributed by atoms with Gasteiger partial charge in [-0.1, -0.05) is 24.3 Å². The number of benzene rings is 1. The van der Waals surface area contributed by atoms with Crippen LogP contribution in [0.2, 0.25) is 0 Å². The quantitative estimate of drug-likeness (QED) is 0.853. The minimum absolute atomic E-state index is 0.00657. The highest BCUT2D eigenvalue weighted by atomic mass is 16.2. The Morgan fingerprint density at radius 3 is 2.40 bits per heavy atom. The minimum Gasteiger partial charge on any atom is -0.352 e. The zero-order valence-corrected chi connectivity index (χ0v) is 14.7. The molecule has 25 heavy (non-hydrogen) atoms. The average Bonchev–Trinajstić information content (AvgIpc) is 3.14. The lowest BCUT2D eigenvalue weighted by Crippen LogP contribution is -2.47. The van der Waals surface area contributed by atoms with Crippen LogP contribution in [-0.4, -0.2) is 47.9 Å². The molecule has 0 spiro atoms. The number of hydrogen-bond donors (Lipinski definition) is 2. The van der Waals surface area contributed by atoms with Gasteiger partial charge in [-0.25, -0.2) is 4.79 Å². The van der Waals surface area contributed by atoms with Crippen molar-refractivity contribution >= 4 is 11.9 Å². The van der Waals surface area contributed by atoms with Crippen molar-refractivity contribution in [2.75, 3.05) is 26.2 Å². The molecule has 3 amide bonds. The van der Waals surface area contributed by atoms with Crippen molar-refractivity contribution in [3.63, 3.8) is 0 Å². The van der Waals surface area contributed by atoms with Crippen molar-refractivity contribution in [1.82, 2.24) is 15.1 Å². The number of nitrogens with one attached hydrogen (secondary N) is 1. The van der Waals surface area contributed by atoms with Crippen LogP contribution in [0.1, 0.15) is 36.8 Å². The second-order valence-corrected chi connectivity index (χ2v) is 7.14. The number of hydrogen-bond acceptors (Lipinski definition) is 3. The molecule has 2 aliphatic heterocycles. The van der Waals surface area contributed by atoms with Gasteiger partial charge >= 0.3 is 6.03 Å². The molecule has 6 nitrogen and oxygen atoms in total. The fourth-order valence-corrected chi connectivity index (χ4v) is 3.69. The summed E-state index contributed by atoms with van der Waals surface area (Å²) >= 11 is 0. The maximum atomic E-state index is 12.3. The molecule has 0 aromatic heterocycles. The number of amides is 3. The van der Waals surface area contributed by atoms with E-state index in [0.29, 0.717) is 19.6 Å². The van der Waals surface area contributed by atoms with Crippen molar-refractivity contribution in [1.29, 1.82) is 0 Å². The molecule has 6 heteroatoms. The van der Waals surface area contributed by atoms with Gasteiger partial charge in [-0.05, 0) is 49.9 Å². The molecule has 3 N–H and O–H groups in total. The van der Waals surface area contributed by atoms with Gasteiger partial charge in [-0.2, -0.15) is 0 Å². The van der Waals surface area contributed by atoms with E-state index in [2.05, 4.69) is 34.5 Å². The maximum Gasteiger partial charge on any atom is 0.314 e. The standard InChI is InChI=1S/C19H28N4O2/c20-19(25)23-11-3-4-17(14-23)18(24)21-12-15-5-7-16(8-6-15)13-22-9-1-2-10-22/h5-8,17H,1-4,9-14H2,(H2,20,25)(H,21,24)/t17-/m0/s1. The number of primary amides is 1. The molecule has 0 aliphatic carbocycles. The van der Waals surface area contributed by atoms with E-state index < -0.39 is 6.03 Å². The molecule has 136 valence electrons. The Hall–Kier alpha value is -2.08. The van der Waals surface area contributed by atoms with Crippen LogP contribution < -0.4 is 11.1 Å². The van der Waals surface area contributed by atoms with Crippen molar-refractivity contribution in [3.8, 4) is 0 Å². The van der Waals surface area contributed by atoms with Gasteiger partial charge in [0.05, 0.1) is 5.92 Å². The topological polar surface area (TPSA) is 78.7 Å². The lowest BCUT2D eigenvalue weighted by Gasteiger charge is -2.30. The summed E-state index contributed by atoms with van der Waals surface area (Å²) in [5.41, 5.74) is 7.74. The molecular weight excluding hydrogens is 316 g/mol. The molecule has 3 rings (SSSR count). The summed E-state index contributed by atoms with van der Waals surface area (Å²) in [6.45, 7) is 5.00. The van der Waals surface area contributed by atoms with Crippen molar-refractivity contribution in [2.45, 2.75) is 38.8 Å². The number of nitrogens with two attached hydrogens (primary N) is 1. The van der Waals surface area contributed by atoms with Crippen molar-refractivity contribution in [3.05, 3.63) is 35.4 Å². The molecule has 1 aromatic rings. The number of urea groups is 1. The van der Waals surface area contributed by atoms with E-state index in [1.165, 1.54) is 31.5 Å². The Kier molecular flexibility index (Phi) is 5.91. The zero-order valence-electron chi connectivity index (χ0n) is 14.7. The van der Waals surface area contributed by atoms with E-state index in [-0.39, 0.29) is 11.8 Å². The summed E-state index contributed by atoms with van der Waals surface area (Å²) in [5, 5.41) is 2.99. The van der Waals surface area contributed by atoms with Crippen LogP contribution >= 0.6 is 0 Å². The van der Waals surface area contributed by atoms with Crippen LogP contribution in [0.4, 0.5) is 4.79 Å². The predicted molar refractivity (Wildman–Crippen MR) is 96.7 cm³/mol. The number of carbonyl (C=O) groups excluding carboxylic acids is 2. The smallest absolute Gasteiger partial charge is 0.314 e. The maximum absolute atomic E-state index is 12.3. The fraction of sp³-hybridized carbons (Fsp3) is 0.579. The number of nitrogens with zero attached hydrogens (tertiary/aromatic N) is 2. The molecule has 2 heterocycles. The third-order valence-electron chi connectivity index (χ3n) is 5.20.